The van der Waals surface area contributed by atoms with Crippen LogP contribution in [0.15, 0.2) is 82.3 Å². The van der Waals surface area contributed by atoms with Gasteiger partial charge >= 0.3 is 0 Å². The maximum absolute atomic E-state index is 12.4. The molecule has 3 heterocycles. The smallest absolute Gasteiger partial charge is 0.294 e. The third-order valence-electron chi connectivity index (χ3n) is 9.99. The molecule has 0 aromatic heterocycles. The number of allylic oxidation sites excluding steroid dienone is 4. The molecule has 0 radical (unpaired) electrons. The van der Waals surface area contributed by atoms with E-state index in [-0.39, 0.29) is 35.2 Å². The number of fused-ring (bicyclic) bond motifs is 2. The number of likely N-dealkylation sites (N-methyl/N-ethyl adjacent to an activating group) is 1. The fourth-order valence-electron chi connectivity index (χ4n) is 7.22. The number of hydrogen-bond acceptors (Lipinski definition) is 8. The minimum Gasteiger partial charge on any atom is -0.354 e. The molecule has 0 saturated heterocycles. The van der Waals surface area contributed by atoms with E-state index < -0.39 is 42.9 Å². The first kappa shape index (κ1) is 38.8. The second-order valence-electron chi connectivity index (χ2n) is 14.1. The van der Waals surface area contributed by atoms with Crippen LogP contribution in [0, 0.1) is 0 Å². The number of unbranched alkanes of at least 4 members (excludes halogenated alkanes) is 2. The molecular weight excluding hydrogens is 709 g/mol. The van der Waals surface area contributed by atoms with Gasteiger partial charge in [-0.15, -0.1) is 0 Å². The number of carbonyl (C=O) groups excluding carboxylic acids is 3. The molecule has 3 amide bonds. The Hall–Kier alpha value is -4.44. The number of amides is 3. The molecule has 15 heteroatoms. The maximum atomic E-state index is 12.4. The summed E-state index contributed by atoms with van der Waals surface area (Å²) >= 11 is 0. The largest absolute Gasteiger partial charge is 0.354 e. The molecule has 0 fully saturated rings. The van der Waals surface area contributed by atoms with Gasteiger partial charge in [0.15, 0.2) is 5.71 Å². The standard InChI is InChI=1S/C37H44N4O9S2/c1-6-39-29-16-14-25(51(45,46)47)23-27(29)36(2,3)31(39)11-10-12-32-37(4,5)28-24-26(52(48,49)50)15-17-30(28)40(32)21-9-7-8-13-33(42)38-20-22-41-34(43)18-19-35(41)44/h10-12,14-19,23-24H,6-9,13,20-22H2,1-5H3,(H2-,38,42,45,46,47,48,49,50)/p+1. The van der Waals surface area contributed by atoms with Gasteiger partial charge in [-0.1, -0.05) is 19.9 Å². The molecule has 3 N–H and O–H groups in total. The Morgan fingerprint density at radius 3 is 2.08 bits per heavy atom. The van der Waals surface area contributed by atoms with Crippen LogP contribution >= 0.6 is 0 Å². The summed E-state index contributed by atoms with van der Waals surface area (Å²) in [5, 5.41) is 2.75. The van der Waals surface area contributed by atoms with E-state index in [4.69, 9.17) is 0 Å². The Morgan fingerprint density at radius 2 is 1.46 bits per heavy atom. The average Bonchev–Trinajstić information content (AvgIpc) is 3.58. The second kappa shape index (κ2) is 14.5. The molecule has 13 nitrogen and oxygen atoms in total. The molecule has 0 atom stereocenters. The number of carbonyl (C=O) groups is 3. The third-order valence-corrected chi connectivity index (χ3v) is 11.7. The summed E-state index contributed by atoms with van der Waals surface area (Å²) in [5.41, 5.74) is 3.75. The molecule has 52 heavy (non-hydrogen) atoms. The summed E-state index contributed by atoms with van der Waals surface area (Å²) in [5.74, 6) is -0.959. The number of benzene rings is 2. The van der Waals surface area contributed by atoms with E-state index in [2.05, 4.69) is 14.8 Å². The van der Waals surface area contributed by atoms with E-state index in [1.165, 1.54) is 36.4 Å². The van der Waals surface area contributed by atoms with Gasteiger partial charge in [0.05, 0.1) is 15.2 Å². The zero-order chi connectivity index (χ0) is 38.2. The van der Waals surface area contributed by atoms with Crippen molar-refractivity contribution in [1.29, 1.82) is 0 Å². The third kappa shape index (κ3) is 7.68. The van der Waals surface area contributed by atoms with E-state index in [1.54, 1.807) is 12.1 Å². The minimum atomic E-state index is -4.44. The van der Waals surface area contributed by atoms with E-state index in [0.29, 0.717) is 25.9 Å². The van der Waals surface area contributed by atoms with Gasteiger partial charge in [0, 0.05) is 79.1 Å². The van der Waals surface area contributed by atoms with Crippen molar-refractivity contribution in [1.82, 2.24) is 10.2 Å². The number of imide groups is 1. The summed E-state index contributed by atoms with van der Waals surface area (Å²) in [6.07, 6.45) is 10.6. The lowest BCUT2D eigenvalue weighted by Gasteiger charge is -2.25. The molecule has 3 aliphatic rings. The lowest BCUT2D eigenvalue weighted by atomic mass is 9.81. The summed E-state index contributed by atoms with van der Waals surface area (Å²) < 4.78 is 69.6. The van der Waals surface area contributed by atoms with Gasteiger partial charge in [-0.3, -0.25) is 28.4 Å². The topological polar surface area (TPSA) is 181 Å². The molecule has 278 valence electrons. The predicted molar refractivity (Wildman–Crippen MR) is 196 cm³/mol. The Bertz CT molecular complexity index is 2150. The first-order valence-corrected chi connectivity index (χ1v) is 20.0. The van der Waals surface area contributed by atoms with E-state index in [0.717, 1.165) is 45.2 Å². The Kier molecular flexibility index (Phi) is 10.8. The van der Waals surface area contributed by atoms with Gasteiger partial charge in [0.1, 0.15) is 6.54 Å². The average molecular weight is 754 g/mol. The van der Waals surface area contributed by atoms with Crippen LogP contribution in [0.1, 0.15) is 71.4 Å². The van der Waals surface area contributed by atoms with Crippen molar-refractivity contribution in [3.05, 3.63) is 83.6 Å². The quantitative estimate of drug-likeness (QED) is 0.108. The Balaban J connectivity index is 1.35. The predicted octanol–water partition coefficient (Wildman–Crippen LogP) is 4.42. The number of hydrogen-bond donors (Lipinski definition) is 3. The van der Waals surface area contributed by atoms with Crippen LogP contribution in [-0.2, 0) is 45.4 Å². The highest BCUT2D eigenvalue weighted by Gasteiger charge is 2.45. The van der Waals surface area contributed by atoms with Crippen molar-refractivity contribution >= 4 is 55.0 Å². The Morgan fingerprint density at radius 1 is 0.846 bits per heavy atom. The van der Waals surface area contributed by atoms with Crippen molar-refractivity contribution in [2.45, 2.75) is 80.9 Å². The highest BCUT2D eigenvalue weighted by molar-refractivity contribution is 7.86. The minimum absolute atomic E-state index is 0.110. The van der Waals surface area contributed by atoms with Gasteiger partial charge < -0.3 is 10.2 Å². The van der Waals surface area contributed by atoms with Crippen molar-refractivity contribution in [2.24, 2.45) is 0 Å². The highest BCUT2D eigenvalue weighted by Crippen LogP contribution is 2.48. The number of rotatable bonds is 14. The van der Waals surface area contributed by atoms with Crippen LogP contribution in [0.4, 0.5) is 11.4 Å². The zero-order valence-corrected chi connectivity index (χ0v) is 31.6. The number of nitrogens with zero attached hydrogens (tertiary/aromatic N) is 3. The van der Waals surface area contributed by atoms with Crippen LogP contribution in [0.2, 0.25) is 0 Å². The Labute approximate surface area is 304 Å². The van der Waals surface area contributed by atoms with Gasteiger partial charge in [-0.25, -0.2) is 0 Å². The molecule has 3 aliphatic heterocycles. The molecule has 2 aromatic carbocycles. The molecule has 0 aliphatic carbocycles. The highest BCUT2D eigenvalue weighted by atomic mass is 32.2. The van der Waals surface area contributed by atoms with Crippen molar-refractivity contribution in [3.63, 3.8) is 0 Å². The van der Waals surface area contributed by atoms with Gasteiger partial charge in [0.25, 0.3) is 32.1 Å². The van der Waals surface area contributed by atoms with Crippen LogP contribution in [0.5, 0.6) is 0 Å². The first-order valence-electron chi connectivity index (χ1n) is 17.1. The first-order chi connectivity index (χ1) is 24.3. The molecule has 0 saturated carbocycles. The van der Waals surface area contributed by atoms with E-state index in [1.807, 2.05) is 52.8 Å². The molecule has 0 unspecified atom stereocenters. The molecular formula is C37H45N4O9S2+. The molecule has 2 aromatic rings. The summed E-state index contributed by atoms with van der Waals surface area (Å²) in [7, 11) is -8.82. The van der Waals surface area contributed by atoms with Crippen LogP contribution < -0.4 is 10.2 Å². The SMILES string of the molecule is CCN1/C(=C/C=C/C2=[N+](CCCCCC(=O)NCCN3C(=O)C=CC3=O)c3ccc(S(=O)(=O)O)cc3C2(C)C)C(C)(C)c2cc(S(=O)(=O)O)ccc21. The summed E-state index contributed by atoms with van der Waals surface area (Å²) in [6, 6.07) is 9.19. The van der Waals surface area contributed by atoms with Gasteiger partial charge in [-0.2, -0.15) is 21.4 Å². The van der Waals surface area contributed by atoms with Gasteiger partial charge in [-0.05, 0) is 75.6 Å². The normalized spacial score (nSPS) is 18.6. The van der Waals surface area contributed by atoms with Crippen LogP contribution in [0.3, 0.4) is 0 Å². The lowest BCUT2D eigenvalue weighted by Crippen LogP contribution is -2.38. The number of anilines is 1. The van der Waals surface area contributed by atoms with Crippen molar-refractivity contribution in [3.8, 4) is 0 Å². The molecule has 5 rings (SSSR count). The van der Waals surface area contributed by atoms with E-state index >= 15 is 0 Å². The summed E-state index contributed by atoms with van der Waals surface area (Å²) in [4.78, 5) is 38.6. The van der Waals surface area contributed by atoms with Gasteiger partial charge in [0.2, 0.25) is 11.6 Å². The number of nitrogens with one attached hydrogen (secondary N) is 1. The summed E-state index contributed by atoms with van der Waals surface area (Å²) in [6.45, 7) is 11.4. The molecule has 0 bridgehead atoms. The van der Waals surface area contributed by atoms with Crippen molar-refractivity contribution in [2.75, 3.05) is 31.1 Å². The molecule has 0 spiro atoms. The second-order valence-corrected chi connectivity index (χ2v) is 16.9. The van der Waals surface area contributed by atoms with E-state index in [9.17, 15) is 40.3 Å². The fraction of sp³-hybridized carbons (Fsp3) is 0.405. The van der Waals surface area contributed by atoms with Crippen LogP contribution in [-0.4, -0.2) is 85.0 Å². The van der Waals surface area contributed by atoms with Crippen molar-refractivity contribution < 1.29 is 44.9 Å². The maximum Gasteiger partial charge on any atom is 0.294 e. The lowest BCUT2D eigenvalue weighted by molar-refractivity contribution is -0.438. The van der Waals surface area contributed by atoms with Crippen LogP contribution in [0.25, 0.3) is 0 Å². The zero-order valence-electron chi connectivity index (χ0n) is 29.9. The fourth-order valence-corrected chi connectivity index (χ4v) is 8.23. The monoisotopic (exact) mass is 753 g/mol.